The van der Waals surface area contributed by atoms with Crippen LogP contribution in [0.5, 0.6) is 0 Å². The number of carbonyl (C=O) groups is 1. The van der Waals surface area contributed by atoms with Gasteiger partial charge in [-0.1, -0.05) is 6.92 Å². The lowest BCUT2D eigenvalue weighted by Crippen LogP contribution is -2.45. The van der Waals surface area contributed by atoms with E-state index < -0.39 is 0 Å². The molecule has 0 aliphatic carbocycles. The van der Waals surface area contributed by atoms with Gasteiger partial charge in [-0.2, -0.15) is 0 Å². The van der Waals surface area contributed by atoms with Gasteiger partial charge in [0.1, 0.15) is 0 Å². The van der Waals surface area contributed by atoms with Crippen LogP contribution < -0.4 is 5.32 Å². The molecule has 20 heavy (non-hydrogen) atoms. The summed E-state index contributed by atoms with van der Waals surface area (Å²) >= 11 is 0. The first-order valence-corrected chi connectivity index (χ1v) is 7.86. The van der Waals surface area contributed by atoms with E-state index in [4.69, 9.17) is 4.74 Å². The zero-order valence-corrected chi connectivity index (χ0v) is 13.2. The Labute approximate surface area is 122 Å². The van der Waals surface area contributed by atoms with Gasteiger partial charge in [0, 0.05) is 32.6 Å². The molecule has 0 atom stereocenters. The Balaban J connectivity index is 2.36. The maximum Gasteiger partial charge on any atom is 0.305 e. The van der Waals surface area contributed by atoms with Crippen molar-refractivity contribution in [3.8, 4) is 0 Å². The second-order valence-corrected chi connectivity index (χ2v) is 5.31. The van der Waals surface area contributed by atoms with Gasteiger partial charge >= 0.3 is 5.97 Å². The average molecular weight is 283 g/mol. The molecule has 5 heteroatoms. The third-order valence-electron chi connectivity index (χ3n) is 3.52. The number of guanidine groups is 1. The van der Waals surface area contributed by atoms with Crippen LogP contribution in [0.15, 0.2) is 4.99 Å². The van der Waals surface area contributed by atoms with Crippen LogP contribution >= 0.6 is 0 Å². The summed E-state index contributed by atoms with van der Waals surface area (Å²) in [6.45, 7) is 10.4. The number of piperidine rings is 1. The summed E-state index contributed by atoms with van der Waals surface area (Å²) in [4.78, 5) is 18.2. The Kier molecular flexibility index (Phi) is 8.07. The van der Waals surface area contributed by atoms with E-state index in [0.717, 1.165) is 37.9 Å². The number of hydrogen-bond donors (Lipinski definition) is 1. The molecule has 1 aliphatic rings. The molecule has 1 aliphatic heterocycles. The molecule has 0 spiro atoms. The summed E-state index contributed by atoms with van der Waals surface area (Å²) in [7, 11) is 0. The molecule has 0 amide bonds. The van der Waals surface area contributed by atoms with Crippen LogP contribution in [0.25, 0.3) is 0 Å². The average Bonchev–Trinajstić information content (AvgIpc) is 2.43. The van der Waals surface area contributed by atoms with Crippen LogP contribution in [-0.4, -0.2) is 49.6 Å². The molecule has 1 rings (SSSR count). The summed E-state index contributed by atoms with van der Waals surface area (Å²) in [6.07, 6.45) is 3.66. The van der Waals surface area contributed by atoms with Crippen molar-refractivity contribution in [1.29, 1.82) is 0 Å². The molecule has 1 fully saturated rings. The number of nitrogens with one attached hydrogen (secondary N) is 1. The number of esters is 1. The minimum atomic E-state index is -0.125. The molecule has 0 aromatic carbocycles. The maximum absolute atomic E-state index is 11.3. The van der Waals surface area contributed by atoms with Gasteiger partial charge in [0.25, 0.3) is 0 Å². The van der Waals surface area contributed by atoms with E-state index in [0.29, 0.717) is 19.6 Å². The van der Waals surface area contributed by atoms with E-state index in [1.54, 1.807) is 0 Å². The van der Waals surface area contributed by atoms with E-state index in [2.05, 4.69) is 29.1 Å². The molecule has 1 N–H and O–H groups in total. The second kappa shape index (κ2) is 9.61. The van der Waals surface area contributed by atoms with E-state index in [-0.39, 0.29) is 5.97 Å². The minimum Gasteiger partial charge on any atom is -0.466 e. The number of nitrogens with zero attached hydrogens (tertiary/aromatic N) is 2. The van der Waals surface area contributed by atoms with Gasteiger partial charge in [0.15, 0.2) is 5.96 Å². The fraction of sp³-hybridized carbons (Fsp3) is 0.867. The van der Waals surface area contributed by atoms with Gasteiger partial charge in [0.05, 0.1) is 6.61 Å². The number of rotatable bonds is 6. The molecule has 0 unspecified atom stereocenters. The zero-order valence-electron chi connectivity index (χ0n) is 13.2. The SMILES string of the molecule is CCNC(=NCCCC(=O)OCC)N1CCC(C)CC1. The van der Waals surface area contributed by atoms with Gasteiger partial charge in [-0.25, -0.2) is 0 Å². The smallest absolute Gasteiger partial charge is 0.305 e. The highest BCUT2D eigenvalue weighted by molar-refractivity contribution is 5.80. The highest BCUT2D eigenvalue weighted by Gasteiger charge is 2.18. The van der Waals surface area contributed by atoms with Crippen LogP contribution in [0.4, 0.5) is 0 Å². The fourth-order valence-corrected chi connectivity index (χ4v) is 2.29. The Morgan fingerprint density at radius 3 is 2.65 bits per heavy atom. The number of ether oxygens (including phenoxy) is 1. The van der Waals surface area contributed by atoms with Gasteiger partial charge in [-0.05, 0) is 39.0 Å². The van der Waals surface area contributed by atoms with Crippen molar-refractivity contribution in [1.82, 2.24) is 10.2 Å². The Morgan fingerprint density at radius 2 is 2.05 bits per heavy atom. The molecule has 0 aromatic rings. The predicted octanol–water partition coefficient (Wildman–Crippen LogP) is 2.03. The van der Waals surface area contributed by atoms with Gasteiger partial charge in [0.2, 0.25) is 0 Å². The molecule has 116 valence electrons. The lowest BCUT2D eigenvalue weighted by Gasteiger charge is -2.33. The largest absolute Gasteiger partial charge is 0.466 e. The molecule has 5 nitrogen and oxygen atoms in total. The molecule has 0 radical (unpaired) electrons. The second-order valence-electron chi connectivity index (χ2n) is 5.31. The number of likely N-dealkylation sites (tertiary alicyclic amines) is 1. The normalized spacial score (nSPS) is 17.1. The summed E-state index contributed by atoms with van der Waals surface area (Å²) in [5.41, 5.74) is 0. The van der Waals surface area contributed by atoms with E-state index in [1.807, 2.05) is 6.92 Å². The van der Waals surface area contributed by atoms with Crippen LogP contribution in [0.3, 0.4) is 0 Å². The van der Waals surface area contributed by atoms with Crippen molar-refractivity contribution in [3.63, 3.8) is 0 Å². The first kappa shape index (κ1) is 16.8. The highest BCUT2D eigenvalue weighted by atomic mass is 16.5. The van der Waals surface area contributed by atoms with E-state index >= 15 is 0 Å². The lowest BCUT2D eigenvalue weighted by atomic mass is 10.00. The van der Waals surface area contributed by atoms with Gasteiger partial charge in [-0.15, -0.1) is 0 Å². The standard InChI is InChI=1S/C15H29N3O2/c1-4-16-15(18-11-8-13(3)9-12-18)17-10-6-7-14(19)20-5-2/h13H,4-12H2,1-3H3,(H,16,17). The zero-order chi connectivity index (χ0) is 14.8. The third kappa shape index (κ3) is 6.26. The molecule has 0 bridgehead atoms. The lowest BCUT2D eigenvalue weighted by molar-refractivity contribution is -0.143. The summed E-state index contributed by atoms with van der Waals surface area (Å²) in [6, 6.07) is 0. The van der Waals surface area contributed by atoms with Crippen molar-refractivity contribution in [2.45, 2.75) is 46.5 Å². The Hall–Kier alpha value is -1.26. The van der Waals surface area contributed by atoms with Crippen molar-refractivity contribution in [2.75, 3.05) is 32.8 Å². The van der Waals surface area contributed by atoms with Gasteiger partial charge in [-0.3, -0.25) is 9.79 Å². The Morgan fingerprint density at radius 1 is 1.35 bits per heavy atom. The van der Waals surface area contributed by atoms with Crippen LogP contribution in [0.2, 0.25) is 0 Å². The monoisotopic (exact) mass is 283 g/mol. The molecule has 1 heterocycles. The van der Waals surface area contributed by atoms with Crippen LogP contribution in [-0.2, 0) is 9.53 Å². The van der Waals surface area contributed by atoms with Crippen molar-refractivity contribution < 1.29 is 9.53 Å². The van der Waals surface area contributed by atoms with Crippen LogP contribution in [0.1, 0.15) is 46.5 Å². The van der Waals surface area contributed by atoms with Crippen molar-refractivity contribution in [2.24, 2.45) is 10.9 Å². The molecule has 1 saturated heterocycles. The number of aliphatic imine (C=N–C) groups is 1. The Bertz CT molecular complexity index is 310. The molecule has 0 saturated carbocycles. The topological polar surface area (TPSA) is 53.9 Å². The number of hydrogen-bond acceptors (Lipinski definition) is 3. The summed E-state index contributed by atoms with van der Waals surface area (Å²) in [5, 5.41) is 3.34. The van der Waals surface area contributed by atoms with Gasteiger partial charge < -0.3 is 15.0 Å². The minimum absolute atomic E-state index is 0.125. The number of carbonyl (C=O) groups excluding carboxylic acids is 1. The van der Waals surface area contributed by atoms with E-state index in [9.17, 15) is 4.79 Å². The highest BCUT2D eigenvalue weighted by Crippen LogP contribution is 2.15. The van der Waals surface area contributed by atoms with Crippen molar-refractivity contribution in [3.05, 3.63) is 0 Å². The fourth-order valence-electron chi connectivity index (χ4n) is 2.29. The van der Waals surface area contributed by atoms with E-state index in [1.165, 1.54) is 12.8 Å². The molecular formula is C15H29N3O2. The molecule has 0 aromatic heterocycles. The van der Waals surface area contributed by atoms with Crippen molar-refractivity contribution >= 4 is 11.9 Å². The first-order valence-electron chi connectivity index (χ1n) is 7.86. The third-order valence-corrected chi connectivity index (χ3v) is 3.52. The summed E-state index contributed by atoms with van der Waals surface area (Å²) < 4.78 is 4.91. The maximum atomic E-state index is 11.3. The van der Waals surface area contributed by atoms with Crippen LogP contribution in [0, 0.1) is 5.92 Å². The predicted molar refractivity (Wildman–Crippen MR) is 81.8 cm³/mol. The molecular weight excluding hydrogens is 254 g/mol. The summed E-state index contributed by atoms with van der Waals surface area (Å²) in [5.74, 6) is 1.68. The quantitative estimate of drug-likeness (QED) is 0.351. The first-order chi connectivity index (χ1) is 9.67.